The minimum Gasteiger partial charge on any atom is -0.327 e. The molecule has 1 aliphatic carbocycles. The van der Waals surface area contributed by atoms with Gasteiger partial charge in [0.15, 0.2) is 0 Å². The molecular weight excluding hydrogens is 248 g/mol. The van der Waals surface area contributed by atoms with Crippen molar-refractivity contribution in [2.24, 2.45) is 17.6 Å². The van der Waals surface area contributed by atoms with E-state index >= 15 is 0 Å². The molecule has 2 aliphatic rings. The molecule has 0 spiro atoms. The summed E-state index contributed by atoms with van der Waals surface area (Å²) in [4.78, 5) is 14.9. The van der Waals surface area contributed by atoms with Gasteiger partial charge >= 0.3 is 0 Å². The van der Waals surface area contributed by atoms with Crippen molar-refractivity contribution in [3.8, 4) is 0 Å². The van der Waals surface area contributed by atoms with E-state index < -0.39 is 0 Å². The molecule has 3 unspecified atom stereocenters. The van der Waals surface area contributed by atoms with E-state index in [0.717, 1.165) is 44.3 Å². The third kappa shape index (κ3) is 2.47. The summed E-state index contributed by atoms with van der Waals surface area (Å²) in [7, 11) is 0. The maximum atomic E-state index is 12.9. The molecule has 1 aromatic carbocycles. The zero-order valence-corrected chi connectivity index (χ0v) is 12.2. The molecule has 3 nitrogen and oxygen atoms in total. The number of hydrogen-bond donors (Lipinski definition) is 1. The first kappa shape index (κ1) is 13.6. The number of carbonyl (C=O) groups excluding carboxylic acids is 1. The van der Waals surface area contributed by atoms with Crippen molar-refractivity contribution < 1.29 is 4.79 Å². The molecule has 0 bridgehead atoms. The molecule has 1 saturated carbocycles. The van der Waals surface area contributed by atoms with E-state index in [1.54, 1.807) is 0 Å². The summed E-state index contributed by atoms with van der Waals surface area (Å²) in [5.41, 5.74) is 8.59. The highest BCUT2D eigenvalue weighted by Crippen LogP contribution is 2.33. The molecule has 0 aromatic heterocycles. The van der Waals surface area contributed by atoms with Crippen LogP contribution in [0.1, 0.15) is 38.2 Å². The Morgan fingerprint density at radius 1 is 1.25 bits per heavy atom. The Kier molecular flexibility index (Phi) is 3.79. The van der Waals surface area contributed by atoms with Crippen LogP contribution >= 0.6 is 0 Å². The molecule has 1 aromatic rings. The van der Waals surface area contributed by atoms with Crippen LogP contribution in [0.2, 0.25) is 0 Å². The molecule has 1 aliphatic heterocycles. The van der Waals surface area contributed by atoms with Gasteiger partial charge in [0, 0.05) is 18.3 Å². The van der Waals surface area contributed by atoms with Gasteiger partial charge in [0.1, 0.15) is 0 Å². The summed E-state index contributed by atoms with van der Waals surface area (Å²) >= 11 is 0. The van der Waals surface area contributed by atoms with Crippen LogP contribution in [-0.2, 0) is 11.2 Å². The first-order chi connectivity index (χ1) is 9.66. The Hall–Kier alpha value is -1.35. The average Bonchev–Trinajstić information content (AvgIpc) is 2.46. The zero-order valence-electron chi connectivity index (χ0n) is 12.2. The topological polar surface area (TPSA) is 46.3 Å². The Bertz CT molecular complexity index is 500. The predicted molar refractivity (Wildman–Crippen MR) is 81.6 cm³/mol. The number of fused-ring (bicyclic) bond motifs is 1. The smallest absolute Gasteiger partial charge is 0.231 e. The van der Waals surface area contributed by atoms with Gasteiger partial charge in [0.2, 0.25) is 5.91 Å². The highest BCUT2D eigenvalue weighted by molar-refractivity contribution is 5.96. The van der Waals surface area contributed by atoms with E-state index in [-0.39, 0.29) is 17.9 Å². The van der Waals surface area contributed by atoms with Crippen molar-refractivity contribution in [2.75, 3.05) is 11.4 Å². The minimum atomic E-state index is 0.0158. The molecule has 0 saturated heterocycles. The van der Waals surface area contributed by atoms with E-state index in [1.165, 1.54) is 5.56 Å². The number of nitrogens with zero attached hydrogens (tertiary/aromatic N) is 1. The van der Waals surface area contributed by atoms with Gasteiger partial charge in [0.05, 0.1) is 5.92 Å². The Morgan fingerprint density at radius 3 is 2.80 bits per heavy atom. The second kappa shape index (κ2) is 5.57. The Morgan fingerprint density at radius 2 is 2.00 bits per heavy atom. The normalized spacial score (nSPS) is 29.9. The quantitative estimate of drug-likeness (QED) is 0.854. The summed E-state index contributed by atoms with van der Waals surface area (Å²) in [6, 6.07) is 8.35. The molecule has 3 heteroatoms. The fourth-order valence-electron chi connectivity index (χ4n) is 3.67. The van der Waals surface area contributed by atoms with Crippen LogP contribution in [0.4, 0.5) is 5.69 Å². The first-order valence-corrected chi connectivity index (χ1v) is 7.81. The fourth-order valence-corrected chi connectivity index (χ4v) is 3.67. The highest BCUT2D eigenvalue weighted by atomic mass is 16.2. The van der Waals surface area contributed by atoms with Crippen LogP contribution in [0.3, 0.4) is 0 Å². The monoisotopic (exact) mass is 272 g/mol. The Labute approximate surface area is 121 Å². The van der Waals surface area contributed by atoms with Crippen LogP contribution in [0.25, 0.3) is 0 Å². The molecule has 1 heterocycles. The lowest BCUT2D eigenvalue weighted by molar-refractivity contribution is -0.124. The van der Waals surface area contributed by atoms with Crippen LogP contribution < -0.4 is 10.6 Å². The molecule has 3 rings (SSSR count). The highest BCUT2D eigenvalue weighted by Gasteiger charge is 2.35. The van der Waals surface area contributed by atoms with Crippen molar-refractivity contribution in [3.63, 3.8) is 0 Å². The second-order valence-corrected chi connectivity index (χ2v) is 6.44. The number of benzene rings is 1. The minimum absolute atomic E-state index is 0.0158. The summed E-state index contributed by atoms with van der Waals surface area (Å²) in [6.45, 7) is 3.05. The van der Waals surface area contributed by atoms with Crippen molar-refractivity contribution >= 4 is 11.6 Å². The lowest BCUT2D eigenvalue weighted by Gasteiger charge is -2.38. The maximum absolute atomic E-state index is 12.9. The zero-order chi connectivity index (χ0) is 14.1. The standard InChI is InChI=1S/C17H24N2O/c1-12-10-13-6-2-5-9-16(13)19(11-12)17(20)14-7-3-4-8-15(14)18/h2,5-6,9,12,14-15H,3-4,7-8,10-11,18H2,1H3. The third-order valence-electron chi connectivity index (χ3n) is 4.75. The summed E-state index contributed by atoms with van der Waals surface area (Å²) in [5, 5.41) is 0. The molecule has 2 N–H and O–H groups in total. The molecule has 0 radical (unpaired) electrons. The van der Waals surface area contributed by atoms with Gasteiger partial charge in [0.25, 0.3) is 0 Å². The summed E-state index contributed by atoms with van der Waals surface area (Å²) in [6.07, 6.45) is 5.30. The van der Waals surface area contributed by atoms with Gasteiger partial charge in [-0.3, -0.25) is 4.79 Å². The van der Waals surface area contributed by atoms with E-state index in [2.05, 4.69) is 25.1 Å². The van der Waals surface area contributed by atoms with E-state index in [9.17, 15) is 4.79 Å². The van der Waals surface area contributed by atoms with Crippen LogP contribution in [-0.4, -0.2) is 18.5 Å². The van der Waals surface area contributed by atoms with Gasteiger partial charge < -0.3 is 10.6 Å². The number of carbonyl (C=O) groups is 1. The number of anilines is 1. The molecule has 20 heavy (non-hydrogen) atoms. The lowest BCUT2D eigenvalue weighted by atomic mass is 9.83. The predicted octanol–water partition coefficient (Wildman–Crippen LogP) is 2.73. The summed E-state index contributed by atoms with van der Waals surface area (Å²) in [5.74, 6) is 0.784. The second-order valence-electron chi connectivity index (χ2n) is 6.44. The van der Waals surface area contributed by atoms with Gasteiger partial charge in [-0.25, -0.2) is 0 Å². The SMILES string of the molecule is CC1Cc2ccccc2N(C(=O)C2CCCCC2N)C1. The first-order valence-electron chi connectivity index (χ1n) is 7.81. The average molecular weight is 272 g/mol. The van der Waals surface area contributed by atoms with Crippen molar-refractivity contribution in [3.05, 3.63) is 29.8 Å². The number of rotatable bonds is 1. The largest absolute Gasteiger partial charge is 0.327 e. The van der Waals surface area contributed by atoms with Crippen LogP contribution in [0.15, 0.2) is 24.3 Å². The lowest BCUT2D eigenvalue weighted by Crippen LogP contribution is -2.48. The van der Waals surface area contributed by atoms with E-state index in [4.69, 9.17) is 5.73 Å². The molecular formula is C17H24N2O. The van der Waals surface area contributed by atoms with Crippen LogP contribution in [0.5, 0.6) is 0 Å². The van der Waals surface area contributed by atoms with E-state index in [1.807, 2.05) is 11.0 Å². The van der Waals surface area contributed by atoms with Gasteiger partial charge in [-0.1, -0.05) is 38.0 Å². The number of nitrogens with two attached hydrogens (primary N) is 1. The molecule has 1 amide bonds. The van der Waals surface area contributed by atoms with Gasteiger partial charge in [-0.05, 0) is 36.8 Å². The number of amides is 1. The van der Waals surface area contributed by atoms with E-state index in [0.29, 0.717) is 5.92 Å². The van der Waals surface area contributed by atoms with Gasteiger partial charge in [-0.2, -0.15) is 0 Å². The van der Waals surface area contributed by atoms with Crippen molar-refractivity contribution in [1.82, 2.24) is 0 Å². The van der Waals surface area contributed by atoms with Crippen LogP contribution in [0, 0.1) is 11.8 Å². The fraction of sp³-hybridized carbons (Fsp3) is 0.588. The third-order valence-corrected chi connectivity index (χ3v) is 4.75. The molecule has 3 atom stereocenters. The number of hydrogen-bond acceptors (Lipinski definition) is 2. The molecule has 1 fully saturated rings. The number of para-hydroxylation sites is 1. The molecule has 108 valence electrons. The van der Waals surface area contributed by atoms with Crippen molar-refractivity contribution in [2.45, 2.75) is 45.1 Å². The Balaban J connectivity index is 1.87. The summed E-state index contributed by atoms with van der Waals surface area (Å²) < 4.78 is 0. The van der Waals surface area contributed by atoms with Crippen molar-refractivity contribution in [1.29, 1.82) is 0 Å². The maximum Gasteiger partial charge on any atom is 0.231 e. The van der Waals surface area contributed by atoms with Gasteiger partial charge in [-0.15, -0.1) is 0 Å².